The fourth-order valence-corrected chi connectivity index (χ4v) is 2.82. The first-order valence-electron chi connectivity index (χ1n) is 7.52. The molecule has 1 amide bonds. The fourth-order valence-electron chi connectivity index (χ4n) is 2.28. The molecule has 1 N–H and O–H groups in total. The van der Waals surface area contributed by atoms with E-state index in [1.807, 2.05) is 60.3 Å². The lowest BCUT2D eigenvalue weighted by atomic mass is 10.2. The molecule has 0 fully saturated rings. The van der Waals surface area contributed by atoms with Gasteiger partial charge in [-0.05, 0) is 18.7 Å². The van der Waals surface area contributed by atoms with Gasteiger partial charge in [0.25, 0.3) is 0 Å². The van der Waals surface area contributed by atoms with Crippen LogP contribution in [0.25, 0.3) is 5.65 Å². The average molecular weight is 342 g/mol. The molecule has 0 aliphatic carbocycles. The summed E-state index contributed by atoms with van der Waals surface area (Å²) in [5.74, 6) is 0. The average Bonchev–Trinajstić information content (AvgIpc) is 3.08. The maximum atomic E-state index is 12.0. The molecule has 24 heavy (non-hydrogen) atoms. The highest BCUT2D eigenvalue weighted by Gasteiger charge is 2.15. The number of imidazole rings is 1. The number of amides is 1. The maximum absolute atomic E-state index is 12.0. The molecule has 0 radical (unpaired) electrons. The van der Waals surface area contributed by atoms with Gasteiger partial charge in [0.1, 0.15) is 11.6 Å². The third-order valence-electron chi connectivity index (χ3n) is 3.55. The summed E-state index contributed by atoms with van der Waals surface area (Å²) in [6.07, 6.45) is 6.94. The first kappa shape index (κ1) is 16.3. The molecule has 1 aromatic carbocycles. The lowest BCUT2D eigenvalue weighted by Gasteiger charge is -2.15. The zero-order valence-corrected chi connectivity index (χ0v) is 14.3. The molecule has 0 aliphatic heterocycles. The predicted molar refractivity (Wildman–Crippen MR) is 92.9 cm³/mol. The third-order valence-corrected chi connectivity index (χ3v) is 4.21. The molecule has 2 aromatic heterocycles. The Balaban J connectivity index is 1.65. The van der Waals surface area contributed by atoms with Gasteiger partial charge in [-0.25, -0.2) is 14.8 Å². The van der Waals surface area contributed by atoms with E-state index in [9.17, 15) is 4.79 Å². The Bertz CT molecular complexity index is 835. The summed E-state index contributed by atoms with van der Waals surface area (Å²) in [6, 6.07) is 9.30. The number of carbonyl (C=O) groups is 1. The Morgan fingerprint density at radius 3 is 2.92 bits per heavy atom. The van der Waals surface area contributed by atoms with E-state index in [2.05, 4.69) is 15.3 Å². The molecule has 7 heteroatoms. The number of nitrogens with one attached hydrogen (secondary N) is 1. The molecule has 0 unspecified atom stereocenters. The van der Waals surface area contributed by atoms with Gasteiger partial charge in [-0.1, -0.05) is 30.3 Å². The summed E-state index contributed by atoms with van der Waals surface area (Å²) in [5.41, 5.74) is 2.51. The van der Waals surface area contributed by atoms with Crippen LogP contribution in [0.15, 0.2) is 53.9 Å². The number of hydrogen-bond acceptors (Lipinski definition) is 5. The van der Waals surface area contributed by atoms with Crippen molar-refractivity contribution < 1.29 is 9.53 Å². The van der Waals surface area contributed by atoms with E-state index in [0.29, 0.717) is 0 Å². The van der Waals surface area contributed by atoms with Crippen LogP contribution in [-0.4, -0.2) is 26.7 Å². The van der Waals surface area contributed by atoms with Crippen molar-refractivity contribution in [1.82, 2.24) is 19.7 Å². The topological polar surface area (TPSA) is 68.5 Å². The lowest BCUT2D eigenvalue weighted by Crippen LogP contribution is -2.28. The minimum absolute atomic E-state index is 0.240. The number of carbonyl (C=O) groups excluding carboxylic acids is 1. The number of aromatic nitrogens is 3. The van der Waals surface area contributed by atoms with Crippen LogP contribution in [0.2, 0.25) is 0 Å². The van der Waals surface area contributed by atoms with Gasteiger partial charge in [-0.2, -0.15) is 0 Å². The normalized spacial score (nSPS) is 12.1. The second-order valence-corrected chi connectivity index (χ2v) is 6.06. The van der Waals surface area contributed by atoms with E-state index in [-0.39, 0.29) is 12.6 Å². The van der Waals surface area contributed by atoms with Crippen molar-refractivity contribution in [1.29, 1.82) is 0 Å². The Kier molecular flexibility index (Phi) is 5.00. The number of hydrogen-bond donors (Lipinski definition) is 1. The molecule has 124 valence electrons. The number of thioether (sulfide) groups is 1. The Morgan fingerprint density at radius 2 is 2.17 bits per heavy atom. The van der Waals surface area contributed by atoms with Gasteiger partial charge in [-0.15, -0.1) is 11.8 Å². The van der Waals surface area contributed by atoms with Crippen molar-refractivity contribution in [3.8, 4) is 0 Å². The van der Waals surface area contributed by atoms with Crippen molar-refractivity contribution >= 4 is 23.5 Å². The molecular formula is C17H18N4O2S. The molecule has 1 atom stereocenters. The summed E-state index contributed by atoms with van der Waals surface area (Å²) in [7, 11) is 0. The molecule has 3 rings (SSSR count). The first-order valence-corrected chi connectivity index (χ1v) is 8.74. The minimum atomic E-state index is -0.468. The van der Waals surface area contributed by atoms with Crippen LogP contribution in [0, 0.1) is 0 Å². The van der Waals surface area contributed by atoms with Crippen LogP contribution < -0.4 is 5.32 Å². The van der Waals surface area contributed by atoms with Crippen LogP contribution in [0.1, 0.15) is 24.2 Å². The number of alkyl carbamates (subject to hydrolysis) is 1. The quantitative estimate of drug-likeness (QED) is 0.719. The van der Waals surface area contributed by atoms with Crippen molar-refractivity contribution in [3.63, 3.8) is 0 Å². The SMILES string of the molecule is CSc1nc([C@H](C)NC(=O)OCc2ccccc2)cn2ccnc12. The van der Waals surface area contributed by atoms with Gasteiger partial charge in [0.05, 0.1) is 11.7 Å². The van der Waals surface area contributed by atoms with E-state index in [1.54, 1.807) is 6.20 Å². The number of ether oxygens (including phenoxy) is 1. The maximum Gasteiger partial charge on any atom is 0.407 e. The smallest absolute Gasteiger partial charge is 0.407 e. The van der Waals surface area contributed by atoms with Crippen molar-refractivity contribution in [2.45, 2.75) is 24.6 Å². The van der Waals surface area contributed by atoms with E-state index >= 15 is 0 Å². The summed E-state index contributed by atoms with van der Waals surface area (Å²) >= 11 is 1.52. The summed E-state index contributed by atoms with van der Waals surface area (Å²) in [6.45, 7) is 2.11. The summed E-state index contributed by atoms with van der Waals surface area (Å²) < 4.78 is 7.15. The largest absolute Gasteiger partial charge is 0.445 e. The van der Waals surface area contributed by atoms with E-state index in [4.69, 9.17) is 4.74 Å². The first-order chi connectivity index (χ1) is 11.7. The van der Waals surface area contributed by atoms with Gasteiger partial charge >= 0.3 is 6.09 Å². The fraction of sp³-hybridized carbons (Fsp3) is 0.235. The lowest BCUT2D eigenvalue weighted by molar-refractivity contribution is 0.136. The van der Waals surface area contributed by atoms with Gasteiger partial charge < -0.3 is 14.5 Å². The third kappa shape index (κ3) is 3.68. The van der Waals surface area contributed by atoms with Crippen molar-refractivity contribution in [2.24, 2.45) is 0 Å². The standard InChI is InChI=1S/C17H18N4O2S/c1-12(19-17(22)23-11-13-6-4-3-5-7-13)14-10-21-9-8-18-15(21)16(20-14)24-2/h3-10,12H,11H2,1-2H3,(H,19,22)/t12-/m0/s1. The van der Waals surface area contributed by atoms with Crippen molar-refractivity contribution in [2.75, 3.05) is 6.26 Å². The monoisotopic (exact) mass is 342 g/mol. The molecule has 3 aromatic rings. The highest BCUT2D eigenvalue weighted by atomic mass is 32.2. The number of nitrogens with zero attached hydrogens (tertiary/aromatic N) is 3. The van der Waals surface area contributed by atoms with Crippen molar-refractivity contribution in [3.05, 3.63) is 60.2 Å². The van der Waals surface area contributed by atoms with Gasteiger partial charge in [0, 0.05) is 18.6 Å². The highest BCUT2D eigenvalue weighted by molar-refractivity contribution is 7.98. The van der Waals surface area contributed by atoms with Crippen LogP contribution in [0.3, 0.4) is 0 Å². The summed E-state index contributed by atoms with van der Waals surface area (Å²) in [4.78, 5) is 20.8. The van der Waals surface area contributed by atoms with Crippen LogP contribution in [0.4, 0.5) is 4.79 Å². The molecule has 6 nitrogen and oxygen atoms in total. The molecule has 0 spiro atoms. The zero-order chi connectivity index (χ0) is 16.9. The molecule has 2 heterocycles. The summed E-state index contributed by atoms with van der Waals surface area (Å²) in [5, 5.41) is 3.63. The Hall–Kier alpha value is -2.54. The number of benzene rings is 1. The van der Waals surface area contributed by atoms with Crippen LogP contribution in [-0.2, 0) is 11.3 Å². The highest BCUT2D eigenvalue weighted by Crippen LogP contribution is 2.21. The predicted octanol–water partition coefficient (Wildman–Crippen LogP) is 3.44. The Labute approximate surface area is 144 Å². The van der Waals surface area contributed by atoms with E-state index < -0.39 is 6.09 Å². The zero-order valence-electron chi connectivity index (χ0n) is 13.5. The minimum Gasteiger partial charge on any atom is -0.445 e. The Morgan fingerprint density at radius 1 is 1.38 bits per heavy atom. The van der Waals surface area contributed by atoms with Gasteiger partial charge in [0.2, 0.25) is 0 Å². The number of fused-ring (bicyclic) bond motifs is 1. The van der Waals surface area contributed by atoms with Gasteiger partial charge in [0.15, 0.2) is 5.65 Å². The molecule has 0 aliphatic rings. The second kappa shape index (κ2) is 7.35. The molecule has 0 saturated carbocycles. The van der Waals surface area contributed by atoms with E-state index in [1.165, 1.54) is 11.8 Å². The molecule has 0 bridgehead atoms. The molecular weight excluding hydrogens is 324 g/mol. The van der Waals surface area contributed by atoms with Crippen LogP contribution in [0.5, 0.6) is 0 Å². The second-order valence-electron chi connectivity index (χ2n) is 5.26. The molecule has 0 saturated heterocycles. The van der Waals surface area contributed by atoms with E-state index in [0.717, 1.165) is 21.9 Å². The van der Waals surface area contributed by atoms with Gasteiger partial charge in [-0.3, -0.25) is 0 Å². The van der Waals surface area contributed by atoms with Crippen LogP contribution >= 0.6 is 11.8 Å². The number of rotatable bonds is 5.